The molecule has 5 nitrogen and oxygen atoms in total. The normalized spacial score (nSPS) is 10.5. The molecule has 2 aromatic rings. The number of hydrogen-bond donors (Lipinski definition) is 2. The molecule has 1 aromatic heterocycles. The Morgan fingerprint density at radius 1 is 1.23 bits per heavy atom. The highest BCUT2D eigenvalue weighted by molar-refractivity contribution is 5.90. The minimum atomic E-state index is -0.191. The maximum absolute atomic E-state index is 12.1. The van der Waals surface area contributed by atoms with Crippen LogP contribution >= 0.6 is 0 Å². The van der Waals surface area contributed by atoms with Crippen molar-refractivity contribution in [1.29, 1.82) is 0 Å². The summed E-state index contributed by atoms with van der Waals surface area (Å²) in [6, 6.07) is 7.66. The molecule has 5 heteroatoms. The molecule has 118 valence electrons. The first-order valence-electron chi connectivity index (χ1n) is 7.72. The van der Waals surface area contributed by atoms with E-state index in [2.05, 4.69) is 29.6 Å². The lowest BCUT2D eigenvalue weighted by Gasteiger charge is -2.11. The summed E-state index contributed by atoms with van der Waals surface area (Å²) in [5, 5.41) is 10.3. The van der Waals surface area contributed by atoms with Crippen molar-refractivity contribution >= 4 is 11.7 Å². The summed E-state index contributed by atoms with van der Waals surface area (Å²) in [7, 11) is 0. The molecule has 0 spiro atoms. The van der Waals surface area contributed by atoms with Crippen LogP contribution in [-0.2, 0) is 19.5 Å². The fraction of sp³-hybridized carbons (Fsp3) is 0.412. The summed E-state index contributed by atoms with van der Waals surface area (Å²) in [6.45, 7) is 9.46. The molecule has 0 saturated carbocycles. The van der Waals surface area contributed by atoms with Crippen molar-refractivity contribution in [2.24, 2.45) is 0 Å². The molecule has 0 saturated heterocycles. The number of aromatic nitrogens is 2. The van der Waals surface area contributed by atoms with Crippen molar-refractivity contribution in [1.82, 2.24) is 15.1 Å². The quantitative estimate of drug-likeness (QED) is 0.889. The van der Waals surface area contributed by atoms with Crippen molar-refractivity contribution < 1.29 is 4.79 Å². The van der Waals surface area contributed by atoms with Gasteiger partial charge in [-0.15, -0.1) is 0 Å². The van der Waals surface area contributed by atoms with Crippen molar-refractivity contribution in [3.8, 4) is 0 Å². The first-order valence-corrected chi connectivity index (χ1v) is 7.72. The SMILES string of the molecule is CCc1ccccc1NC(=O)NCc1c(C)nn(CC)c1C. The Morgan fingerprint density at radius 2 is 1.95 bits per heavy atom. The van der Waals surface area contributed by atoms with Gasteiger partial charge in [-0.25, -0.2) is 4.79 Å². The molecule has 0 aliphatic rings. The second-order valence-corrected chi connectivity index (χ2v) is 5.28. The smallest absolute Gasteiger partial charge is 0.319 e. The number of amides is 2. The van der Waals surface area contributed by atoms with Gasteiger partial charge in [-0.2, -0.15) is 5.10 Å². The van der Waals surface area contributed by atoms with E-state index in [0.29, 0.717) is 6.54 Å². The average Bonchev–Trinajstić information content (AvgIpc) is 2.80. The third kappa shape index (κ3) is 3.47. The lowest BCUT2D eigenvalue weighted by Crippen LogP contribution is -2.29. The Hall–Kier alpha value is -2.30. The number of hydrogen-bond acceptors (Lipinski definition) is 2. The minimum Gasteiger partial charge on any atom is -0.334 e. The number of carbonyl (C=O) groups is 1. The zero-order chi connectivity index (χ0) is 16.1. The number of nitrogens with zero attached hydrogens (tertiary/aromatic N) is 2. The van der Waals surface area contributed by atoms with Gasteiger partial charge in [0, 0.05) is 30.0 Å². The molecule has 0 fully saturated rings. The van der Waals surface area contributed by atoms with E-state index in [9.17, 15) is 4.79 Å². The molecule has 1 heterocycles. The first kappa shape index (κ1) is 16.1. The number of benzene rings is 1. The van der Waals surface area contributed by atoms with Gasteiger partial charge >= 0.3 is 6.03 Å². The van der Waals surface area contributed by atoms with Crippen LogP contribution in [0.2, 0.25) is 0 Å². The van der Waals surface area contributed by atoms with E-state index in [4.69, 9.17) is 0 Å². The third-order valence-corrected chi connectivity index (χ3v) is 3.90. The zero-order valence-corrected chi connectivity index (χ0v) is 13.7. The van der Waals surface area contributed by atoms with Gasteiger partial charge in [0.2, 0.25) is 0 Å². The Labute approximate surface area is 131 Å². The van der Waals surface area contributed by atoms with Gasteiger partial charge in [-0.05, 0) is 38.8 Å². The number of nitrogens with one attached hydrogen (secondary N) is 2. The van der Waals surface area contributed by atoms with Gasteiger partial charge < -0.3 is 10.6 Å². The van der Waals surface area contributed by atoms with E-state index < -0.39 is 0 Å². The van der Waals surface area contributed by atoms with E-state index in [0.717, 1.165) is 41.2 Å². The molecule has 0 atom stereocenters. The second kappa shape index (κ2) is 7.11. The summed E-state index contributed by atoms with van der Waals surface area (Å²) in [4.78, 5) is 12.1. The maximum atomic E-state index is 12.1. The molecular formula is C17H24N4O. The molecule has 0 radical (unpaired) electrons. The number of rotatable bonds is 5. The topological polar surface area (TPSA) is 59.0 Å². The predicted molar refractivity (Wildman–Crippen MR) is 89.1 cm³/mol. The highest BCUT2D eigenvalue weighted by Gasteiger charge is 2.12. The van der Waals surface area contributed by atoms with Crippen molar-refractivity contribution in [2.45, 2.75) is 47.2 Å². The predicted octanol–water partition coefficient (Wildman–Crippen LogP) is 3.40. The van der Waals surface area contributed by atoms with Crippen LogP contribution in [0.25, 0.3) is 0 Å². The Kier molecular flexibility index (Phi) is 5.20. The van der Waals surface area contributed by atoms with Crippen LogP contribution in [-0.4, -0.2) is 15.8 Å². The average molecular weight is 300 g/mol. The summed E-state index contributed by atoms with van der Waals surface area (Å²) < 4.78 is 1.95. The summed E-state index contributed by atoms with van der Waals surface area (Å²) in [5.74, 6) is 0. The Bertz CT molecular complexity index is 661. The molecule has 0 bridgehead atoms. The van der Waals surface area contributed by atoms with Crippen LogP contribution in [0.3, 0.4) is 0 Å². The highest BCUT2D eigenvalue weighted by Crippen LogP contribution is 2.16. The molecule has 22 heavy (non-hydrogen) atoms. The molecule has 1 aromatic carbocycles. The highest BCUT2D eigenvalue weighted by atomic mass is 16.2. The molecule has 2 N–H and O–H groups in total. The standard InChI is InChI=1S/C17H24N4O/c1-5-14-9-7-8-10-16(14)19-17(22)18-11-15-12(3)20-21(6-2)13(15)4/h7-10H,5-6,11H2,1-4H3,(H2,18,19,22). The van der Waals surface area contributed by atoms with Crippen molar-refractivity contribution in [3.63, 3.8) is 0 Å². The molecule has 0 aliphatic carbocycles. The van der Waals surface area contributed by atoms with Crippen molar-refractivity contribution in [3.05, 3.63) is 46.8 Å². The molecule has 2 rings (SSSR count). The van der Waals surface area contributed by atoms with Crippen LogP contribution in [0, 0.1) is 13.8 Å². The van der Waals surface area contributed by atoms with E-state index in [1.54, 1.807) is 0 Å². The van der Waals surface area contributed by atoms with Crippen LogP contribution in [0.4, 0.5) is 10.5 Å². The summed E-state index contributed by atoms with van der Waals surface area (Å²) in [6.07, 6.45) is 0.887. The van der Waals surface area contributed by atoms with Crippen LogP contribution in [0.1, 0.15) is 36.4 Å². The lowest BCUT2D eigenvalue weighted by molar-refractivity contribution is 0.251. The fourth-order valence-electron chi connectivity index (χ4n) is 2.58. The largest absolute Gasteiger partial charge is 0.334 e. The molecule has 0 aliphatic heterocycles. The number of carbonyl (C=O) groups excluding carboxylic acids is 1. The van der Waals surface area contributed by atoms with Gasteiger partial charge in [0.05, 0.1) is 5.69 Å². The van der Waals surface area contributed by atoms with Crippen LogP contribution in [0.15, 0.2) is 24.3 Å². The Balaban J connectivity index is 2.00. The van der Waals surface area contributed by atoms with E-state index >= 15 is 0 Å². The van der Waals surface area contributed by atoms with Crippen LogP contribution < -0.4 is 10.6 Å². The minimum absolute atomic E-state index is 0.191. The maximum Gasteiger partial charge on any atom is 0.319 e. The molecule has 2 amide bonds. The van der Waals surface area contributed by atoms with E-state index in [-0.39, 0.29) is 6.03 Å². The number of aryl methyl sites for hydroxylation is 3. The van der Waals surface area contributed by atoms with E-state index in [1.807, 2.05) is 42.8 Å². The lowest BCUT2D eigenvalue weighted by atomic mass is 10.1. The van der Waals surface area contributed by atoms with Crippen LogP contribution in [0.5, 0.6) is 0 Å². The third-order valence-electron chi connectivity index (χ3n) is 3.90. The fourth-order valence-corrected chi connectivity index (χ4v) is 2.58. The van der Waals surface area contributed by atoms with Gasteiger partial charge in [0.25, 0.3) is 0 Å². The molecule has 0 unspecified atom stereocenters. The van der Waals surface area contributed by atoms with Gasteiger partial charge in [-0.3, -0.25) is 4.68 Å². The summed E-state index contributed by atoms with van der Waals surface area (Å²) >= 11 is 0. The second-order valence-electron chi connectivity index (χ2n) is 5.28. The van der Waals surface area contributed by atoms with E-state index in [1.165, 1.54) is 0 Å². The molecular weight excluding hydrogens is 276 g/mol. The number of urea groups is 1. The van der Waals surface area contributed by atoms with Gasteiger partial charge in [0.15, 0.2) is 0 Å². The van der Waals surface area contributed by atoms with Crippen molar-refractivity contribution in [2.75, 3.05) is 5.32 Å². The number of para-hydroxylation sites is 1. The zero-order valence-electron chi connectivity index (χ0n) is 13.7. The monoisotopic (exact) mass is 300 g/mol. The first-order chi connectivity index (χ1) is 10.6. The number of anilines is 1. The Morgan fingerprint density at radius 3 is 2.59 bits per heavy atom. The van der Waals surface area contributed by atoms with Gasteiger partial charge in [0.1, 0.15) is 0 Å². The summed E-state index contributed by atoms with van der Waals surface area (Å²) in [5.41, 5.74) is 5.15. The van der Waals surface area contributed by atoms with Gasteiger partial charge in [-0.1, -0.05) is 25.1 Å².